The maximum atomic E-state index is 12.0. The molecule has 26 heavy (non-hydrogen) atoms. The third-order valence-electron chi connectivity index (χ3n) is 3.48. The Bertz CT molecular complexity index is 891. The van der Waals surface area contributed by atoms with Gasteiger partial charge in [-0.15, -0.1) is 16.4 Å². The fraction of sp³-hybridized carbons (Fsp3) is 0.176. The van der Waals surface area contributed by atoms with Crippen molar-refractivity contribution in [2.24, 2.45) is 0 Å². The number of benzene rings is 1. The standard InChI is InChI=1S/C17H17N5O3S/c1-25-12-6-3-2-5-11(12)15-20-17(22-21-15)19-14(23)8-9-18-16(24)13-7-4-10-26-13/h2-7,10H,8-9H2,1H3,(H,18,24)(H2,19,20,21,22,23). The molecule has 0 atom stereocenters. The van der Waals surface area contributed by atoms with Crippen LogP contribution in [0.15, 0.2) is 41.8 Å². The topological polar surface area (TPSA) is 109 Å². The van der Waals surface area contributed by atoms with Crippen molar-refractivity contribution in [2.75, 3.05) is 19.0 Å². The molecule has 0 saturated heterocycles. The Hall–Kier alpha value is -3.20. The number of ether oxygens (including phenoxy) is 1. The number of hydrogen-bond acceptors (Lipinski definition) is 6. The van der Waals surface area contributed by atoms with Crippen molar-refractivity contribution in [2.45, 2.75) is 6.42 Å². The predicted octanol–water partition coefficient (Wildman–Crippen LogP) is 2.30. The summed E-state index contributed by atoms with van der Waals surface area (Å²) >= 11 is 1.35. The first-order valence-electron chi connectivity index (χ1n) is 7.84. The Morgan fingerprint density at radius 2 is 2.08 bits per heavy atom. The molecule has 0 spiro atoms. The summed E-state index contributed by atoms with van der Waals surface area (Å²) in [6.07, 6.45) is 0.121. The minimum Gasteiger partial charge on any atom is -0.496 e. The lowest BCUT2D eigenvalue weighted by Crippen LogP contribution is -2.27. The van der Waals surface area contributed by atoms with Gasteiger partial charge in [-0.25, -0.2) is 0 Å². The Kier molecular flexibility index (Phi) is 5.59. The molecular formula is C17H17N5O3S. The van der Waals surface area contributed by atoms with E-state index >= 15 is 0 Å². The number of aromatic nitrogens is 3. The van der Waals surface area contributed by atoms with Gasteiger partial charge in [0.15, 0.2) is 5.82 Å². The van der Waals surface area contributed by atoms with E-state index in [2.05, 4.69) is 25.8 Å². The second-order valence-electron chi connectivity index (χ2n) is 5.24. The normalized spacial score (nSPS) is 10.3. The number of para-hydroxylation sites is 1. The summed E-state index contributed by atoms with van der Waals surface area (Å²) in [7, 11) is 1.57. The molecule has 0 aliphatic rings. The first kappa shape index (κ1) is 17.6. The van der Waals surface area contributed by atoms with Crippen molar-refractivity contribution in [1.29, 1.82) is 0 Å². The van der Waals surface area contributed by atoms with Crippen LogP contribution in [-0.4, -0.2) is 40.7 Å². The average Bonchev–Trinajstić information content (AvgIpc) is 3.33. The van der Waals surface area contributed by atoms with Gasteiger partial charge in [-0.05, 0) is 23.6 Å². The van der Waals surface area contributed by atoms with E-state index < -0.39 is 0 Å². The lowest BCUT2D eigenvalue weighted by molar-refractivity contribution is -0.116. The molecule has 0 aliphatic carbocycles. The minimum atomic E-state index is -0.290. The number of aromatic amines is 1. The monoisotopic (exact) mass is 371 g/mol. The van der Waals surface area contributed by atoms with E-state index in [4.69, 9.17) is 4.74 Å². The summed E-state index contributed by atoms with van der Waals surface area (Å²) in [5.41, 5.74) is 0.742. The molecule has 9 heteroatoms. The van der Waals surface area contributed by atoms with Gasteiger partial charge in [-0.1, -0.05) is 18.2 Å². The SMILES string of the molecule is COc1ccccc1-c1nc(NC(=O)CCNC(=O)c2cccs2)n[nH]1. The van der Waals surface area contributed by atoms with Crippen LogP contribution < -0.4 is 15.4 Å². The van der Waals surface area contributed by atoms with Gasteiger partial charge in [0.25, 0.3) is 5.91 Å². The lowest BCUT2D eigenvalue weighted by atomic mass is 10.2. The van der Waals surface area contributed by atoms with Crippen LogP contribution in [-0.2, 0) is 4.79 Å². The number of hydrogen-bond donors (Lipinski definition) is 3. The third kappa shape index (κ3) is 4.25. The van der Waals surface area contributed by atoms with Crippen LogP contribution >= 0.6 is 11.3 Å². The fourth-order valence-corrected chi connectivity index (χ4v) is 2.89. The highest BCUT2D eigenvalue weighted by Gasteiger charge is 2.12. The molecule has 0 unspecified atom stereocenters. The number of amides is 2. The van der Waals surface area contributed by atoms with Crippen molar-refractivity contribution >= 4 is 29.1 Å². The van der Waals surface area contributed by atoms with Crippen molar-refractivity contribution in [3.05, 3.63) is 46.7 Å². The molecule has 3 N–H and O–H groups in total. The van der Waals surface area contributed by atoms with Gasteiger partial charge in [0.05, 0.1) is 17.6 Å². The molecule has 0 bridgehead atoms. The average molecular weight is 371 g/mol. The second-order valence-corrected chi connectivity index (χ2v) is 6.19. The molecule has 3 rings (SSSR count). The molecule has 0 fully saturated rings. The molecule has 8 nitrogen and oxygen atoms in total. The molecule has 0 radical (unpaired) electrons. The molecule has 1 aromatic carbocycles. The highest BCUT2D eigenvalue weighted by atomic mass is 32.1. The Labute approximate surface area is 153 Å². The van der Waals surface area contributed by atoms with Gasteiger partial charge in [0, 0.05) is 13.0 Å². The number of anilines is 1. The summed E-state index contributed by atoms with van der Waals surface area (Å²) in [5.74, 6) is 0.827. The lowest BCUT2D eigenvalue weighted by Gasteiger charge is -2.04. The number of rotatable bonds is 7. The number of carbonyl (C=O) groups is 2. The molecule has 0 saturated carbocycles. The number of nitrogens with one attached hydrogen (secondary N) is 3. The number of H-pyrrole nitrogens is 1. The molecule has 2 heterocycles. The van der Waals surface area contributed by atoms with Gasteiger partial charge in [-0.3, -0.25) is 20.0 Å². The number of methoxy groups -OCH3 is 1. The second kappa shape index (κ2) is 8.26. The summed E-state index contributed by atoms with van der Waals surface area (Å²) in [4.78, 5) is 28.6. The first-order valence-corrected chi connectivity index (χ1v) is 8.72. The van der Waals surface area contributed by atoms with Crippen LogP contribution in [0, 0.1) is 0 Å². The van der Waals surface area contributed by atoms with Crippen molar-refractivity contribution in [1.82, 2.24) is 20.5 Å². The summed E-state index contributed by atoms with van der Waals surface area (Å²) < 4.78 is 5.28. The molecule has 3 aromatic rings. The van der Waals surface area contributed by atoms with Gasteiger partial charge in [-0.2, -0.15) is 4.98 Å². The first-order chi connectivity index (χ1) is 12.7. The molecule has 0 aliphatic heterocycles. The van der Waals surface area contributed by atoms with Gasteiger partial charge >= 0.3 is 0 Å². The zero-order chi connectivity index (χ0) is 18.4. The quantitative estimate of drug-likeness (QED) is 0.590. The largest absolute Gasteiger partial charge is 0.496 e. The Balaban J connectivity index is 1.52. The van der Waals surface area contributed by atoms with Gasteiger partial charge in [0.1, 0.15) is 5.75 Å². The Morgan fingerprint density at radius 1 is 1.23 bits per heavy atom. The smallest absolute Gasteiger partial charge is 0.261 e. The predicted molar refractivity (Wildman–Crippen MR) is 98.3 cm³/mol. The highest BCUT2D eigenvalue weighted by molar-refractivity contribution is 7.12. The summed E-state index contributed by atoms with van der Waals surface area (Å²) in [5, 5.41) is 13.9. The number of carbonyl (C=O) groups excluding carboxylic acids is 2. The zero-order valence-corrected chi connectivity index (χ0v) is 14.8. The highest BCUT2D eigenvalue weighted by Crippen LogP contribution is 2.26. The molecular weight excluding hydrogens is 354 g/mol. The third-order valence-corrected chi connectivity index (χ3v) is 4.35. The van der Waals surface area contributed by atoms with Crippen LogP contribution in [0.1, 0.15) is 16.1 Å². The molecule has 2 aromatic heterocycles. The number of nitrogens with zero attached hydrogens (tertiary/aromatic N) is 2. The van der Waals surface area contributed by atoms with Crippen LogP contribution in [0.2, 0.25) is 0 Å². The van der Waals surface area contributed by atoms with Crippen molar-refractivity contribution in [3.8, 4) is 17.1 Å². The molecule has 134 valence electrons. The van der Waals surface area contributed by atoms with Crippen LogP contribution in [0.25, 0.3) is 11.4 Å². The van der Waals surface area contributed by atoms with Crippen molar-refractivity contribution in [3.63, 3.8) is 0 Å². The van der Waals surface area contributed by atoms with Gasteiger partial charge < -0.3 is 10.1 Å². The van der Waals surface area contributed by atoms with E-state index in [1.807, 2.05) is 29.6 Å². The van der Waals surface area contributed by atoms with Crippen LogP contribution in [0.3, 0.4) is 0 Å². The van der Waals surface area contributed by atoms with E-state index in [9.17, 15) is 9.59 Å². The minimum absolute atomic E-state index is 0.121. The van der Waals surface area contributed by atoms with Gasteiger partial charge in [0.2, 0.25) is 11.9 Å². The van der Waals surface area contributed by atoms with E-state index in [0.717, 1.165) is 5.56 Å². The Morgan fingerprint density at radius 3 is 2.85 bits per heavy atom. The number of thiophene rings is 1. The zero-order valence-electron chi connectivity index (χ0n) is 14.0. The maximum absolute atomic E-state index is 12.0. The van der Waals surface area contributed by atoms with E-state index in [-0.39, 0.29) is 30.7 Å². The van der Waals surface area contributed by atoms with Crippen LogP contribution in [0.4, 0.5) is 5.95 Å². The van der Waals surface area contributed by atoms with Crippen molar-refractivity contribution < 1.29 is 14.3 Å². The summed E-state index contributed by atoms with van der Waals surface area (Å²) in [6, 6.07) is 10.9. The van der Waals surface area contributed by atoms with Crippen LogP contribution in [0.5, 0.6) is 5.75 Å². The fourth-order valence-electron chi connectivity index (χ4n) is 2.25. The van der Waals surface area contributed by atoms with E-state index in [1.54, 1.807) is 19.2 Å². The maximum Gasteiger partial charge on any atom is 0.261 e. The van der Waals surface area contributed by atoms with E-state index in [0.29, 0.717) is 16.5 Å². The molecule has 2 amide bonds. The summed E-state index contributed by atoms with van der Waals surface area (Å²) in [6.45, 7) is 0.229. The van der Waals surface area contributed by atoms with E-state index in [1.165, 1.54) is 11.3 Å².